The Morgan fingerprint density at radius 1 is 0.618 bits per heavy atom. The predicted octanol–water partition coefficient (Wildman–Crippen LogP) is 4.40. The molecule has 0 fully saturated rings. The van der Waals surface area contributed by atoms with Crippen molar-refractivity contribution in [1.29, 1.82) is 0 Å². The van der Waals surface area contributed by atoms with Crippen molar-refractivity contribution in [1.82, 2.24) is 9.97 Å². The van der Waals surface area contributed by atoms with Crippen LogP contribution in [0.5, 0.6) is 23.0 Å². The number of rotatable bonds is 8. The molecule has 1 heterocycles. The first-order valence-electron chi connectivity index (χ1n) is 9.94. The molecular weight excluding hydrogens is 476 g/mol. The minimum absolute atomic E-state index is 0.00454. The molecule has 10 heteroatoms. The first kappa shape index (κ1) is 23.4. The Hall–Kier alpha value is -3.76. The third-order valence-corrected chi connectivity index (χ3v) is 6.84. The summed E-state index contributed by atoms with van der Waals surface area (Å²) in [7, 11) is 0. The van der Waals surface area contributed by atoms with Crippen molar-refractivity contribution < 1.29 is 30.0 Å². The van der Waals surface area contributed by atoms with Crippen LogP contribution in [0.2, 0.25) is 0 Å². The number of carbonyl (C=O) groups excluding carboxylic acids is 2. The Morgan fingerprint density at radius 2 is 1.03 bits per heavy atom. The zero-order chi connectivity index (χ0) is 24.2. The van der Waals surface area contributed by atoms with Crippen molar-refractivity contribution in [2.24, 2.45) is 0 Å². The SMILES string of the molecule is O=C(CSc1nc2ccccc2nc1SCC(=O)c1ccc(O)c(O)c1)c1ccc(O)c(O)c1. The molecule has 0 amide bonds. The lowest BCUT2D eigenvalue weighted by molar-refractivity contribution is 0.101. The van der Waals surface area contributed by atoms with Crippen LogP contribution in [0, 0.1) is 0 Å². The van der Waals surface area contributed by atoms with Gasteiger partial charge in [0.05, 0.1) is 22.5 Å². The minimum Gasteiger partial charge on any atom is -0.504 e. The summed E-state index contributed by atoms with van der Waals surface area (Å²) in [5.41, 5.74) is 1.76. The standard InChI is InChI=1S/C24H18N2O6S2/c27-17-7-5-13(9-19(17)29)21(31)11-33-23-24(26-16-4-2-1-3-15(16)25-23)34-12-22(32)14-6-8-18(28)20(30)10-14/h1-10,27-30H,11-12H2. The zero-order valence-corrected chi connectivity index (χ0v) is 19.1. The fourth-order valence-electron chi connectivity index (χ4n) is 2.98. The van der Waals surface area contributed by atoms with Crippen LogP contribution in [0.15, 0.2) is 70.7 Å². The van der Waals surface area contributed by atoms with E-state index in [9.17, 15) is 30.0 Å². The molecule has 8 nitrogen and oxygen atoms in total. The van der Waals surface area contributed by atoms with Crippen LogP contribution in [-0.4, -0.2) is 53.5 Å². The maximum absolute atomic E-state index is 12.6. The quantitative estimate of drug-likeness (QED) is 0.158. The Kier molecular flexibility index (Phi) is 6.90. The Morgan fingerprint density at radius 3 is 1.41 bits per heavy atom. The molecule has 0 atom stereocenters. The summed E-state index contributed by atoms with van der Waals surface area (Å²) in [5, 5.41) is 39.1. The molecule has 34 heavy (non-hydrogen) atoms. The van der Waals surface area contributed by atoms with Crippen molar-refractivity contribution in [3.05, 3.63) is 71.8 Å². The van der Waals surface area contributed by atoms with Crippen LogP contribution in [0.25, 0.3) is 11.0 Å². The number of carbonyl (C=O) groups is 2. The molecule has 0 radical (unpaired) electrons. The van der Waals surface area contributed by atoms with Crippen molar-refractivity contribution in [3.8, 4) is 23.0 Å². The van der Waals surface area contributed by atoms with E-state index in [0.717, 1.165) is 23.5 Å². The Bertz CT molecular complexity index is 1300. The van der Waals surface area contributed by atoms with E-state index in [1.807, 2.05) is 12.1 Å². The number of phenolic OH excluding ortho intramolecular Hbond substituents is 4. The molecule has 0 aliphatic heterocycles. The number of Topliss-reactive ketones (excluding diaryl/α,β-unsaturated/α-hetero) is 2. The third kappa shape index (κ3) is 5.24. The van der Waals surface area contributed by atoms with Crippen LogP contribution in [0.1, 0.15) is 20.7 Å². The highest BCUT2D eigenvalue weighted by atomic mass is 32.2. The molecule has 0 aliphatic rings. The number of nitrogens with zero attached hydrogens (tertiary/aromatic N) is 2. The smallest absolute Gasteiger partial charge is 0.173 e. The van der Waals surface area contributed by atoms with E-state index >= 15 is 0 Å². The van der Waals surface area contributed by atoms with Crippen LogP contribution >= 0.6 is 23.5 Å². The van der Waals surface area contributed by atoms with Crippen molar-refractivity contribution >= 4 is 46.1 Å². The Balaban J connectivity index is 1.54. The number of hydrogen-bond donors (Lipinski definition) is 4. The van der Waals surface area contributed by atoms with Crippen LogP contribution in [0.3, 0.4) is 0 Å². The number of para-hydroxylation sites is 2. The van der Waals surface area contributed by atoms with E-state index in [4.69, 9.17) is 0 Å². The summed E-state index contributed by atoms with van der Waals surface area (Å²) in [5.74, 6) is -1.92. The van der Waals surface area contributed by atoms with Gasteiger partial charge in [0.2, 0.25) is 0 Å². The van der Waals surface area contributed by atoms with Crippen molar-refractivity contribution in [2.45, 2.75) is 10.1 Å². The van der Waals surface area contributed by atoms with Gasteiger partial charge < -0.3 is 20.4 Å². The van der Waals surface area contributed by atoms with Gasteiger partial charge in [0.1, 0.15) is 10.1 Å². The molecule has 4 aromatic rings. The minimum atomic E-state index is -0.378. The summed E-state index contributed by atoms with van der Waals surface area (Å²) < 4.78 is 0. The highest BCUT2D eigenvalue weighted by Gasteiger charge is 2.17. The van der Waals surface area contributed by atoms with E-state index < -0.39 is 0 Å². The van der Waals surface area contributed by atoms with Gasteiger partial charge in [-0.15, -0.1) is 0 Å². The average Bonchev–Trinajstić information content (AvgIpc) is 2.84. The summed E-state index contributed by atoms with van der Waals surface area (Å²) in [4.78, 5) is 34.4. The van der Waals surface area contributed by atoms with Gasteiger partial charge in [-0.2, -0.15) is 0 Å². The van der Waals surface area contributed by atoms with Gasteiger partial charge in [-0.1, -0.05) is 35.7 Å². The molecule has 4 rings (SSSR count). The molecule has 0 aliphatic carbocycles. The maximum atomic E-state index is 12.6. The molecule has 0 spiro atoms. The summed E-state index contributed by atoms with van der Waals surface area (Å²) in [6, 6.07) is 15.0. The number of ketones is 2. The maximum Gasteiger partial charge on any atom is 0.173 e. The molecule has 0 bridgehead atoms. The summed E-state index contributed by atoms with van der Waals surface area (Å²) >= 11 is 2.31. The van der Waals surface area contributed by atoms with Gasteiger partial charge in [-0.25, -0.2) is 9.97 Å². The van der Waals surface area contributed by atoms with Crippen LogP contribution in [0.4, 0.5) is 0 Å². The second-order valence-electron chi connectivity index (χ2n) is 7.15. The molecule has 3 aromatic carbocycles. The van der Waals surface area contributed by atoms with Gasteiger partial charge in [0.25, 0.3) is 0 Å². The largest absolute Gasteiger partial charge is 0.504 e. The Labute approximate surface area is 202 Å². The molecule has 0 saturated carbocycles. The molecule has 0 unspecified atom stereocenters. The van der Waals surface area contributed by atoms with Gasteiger partial charge in [0, 0.05) is 11.1 Å². The molecular formula is C24H18N2O6S2. The molecule has 0 saturated heterocycles. The number of benzene rings is 3. The van der Waals surface area contributed by atoms with Gasteiger partial charge in [-0.05, 0) is 48.5 Å². The normalized spacial score (nSPS) is 10.9. The number of aromatic hydroxyl groups is 4. The zero-order valence-electron chi connectivity index (χ0n) is 17.5. The number of phenols is 4. The van der Waals surface area contributed by atoms with E-state index in [1.54, 1.807) is 12.1 Å². The molecule has 1 aromatic heterocycles. The van der Waals surface area contributed by atoms with Gasteiger partial charge >= 0.3 is 0 Å². The topological polar surface area (TPSA) is 141 Å². The van der Waals surface area contributed by atoms with Gasteiger partial charge in [0.15, 0.2) is 34.6 Å². The highest BCUT2D eigenvalue weighted by molar-refractivity contribution is 8.02. The molecule has 172 valence electrons. The summed E-state index contributed by atoms with van der Waals surface area (Å²) in [6.07, 6.45) is 0. The second kappa shape index (κ2) is 10.0. The monoisotopic (exact) mass is 494 g/mol. The van der Waals surface area contributed by atoms with E-state index in [1.165, 1.54) is 36.4 Å². The number of hydrogen-bond acceptors (Lipinski definition) is 10. The lowest BCUT2D eigenvalue weighted by Gasteiger charge is -2.09. The average molecular weight is 495 g/mol. The van der Waals surface area contributed by atoms with Crippen LogP contribution in [-0.2, 0) is 0 Å². The lowest BCUT2D eigenvalue weighted by Crippen LogP contribution is -2.05. The first-order chi connectivity index (χ1) is 16.3. The van der Waals surface area contributed by atoms with Crippen molar-refractivity contribution in [2.75, 3.05) is 11.5 Å². The number of fused-ring (bicyclic) bond motifs is 1. The van der Waals surface area contributed by atoms with Crippen molar-refractivity contribution in [3.63, 3.8) is 0 Å². The fraction of sp³-hybridized carbons (Fsp3) is 0.0833. The second-order valence-corrected chi connectivity index (χ2v) is 9.08. The number of aromatic nitrogens is 2. The number of thioether (sulfide) groups is 2. The van der Waals surface area contributed by atoms with E-state index in [-0.39, 0.29) is 57.2 Å². The van der Waals surface area contributed by atoms with Gasteiger partial charge in [-0.3, -0.25) is 9.59 Å². The van der Waals surface area contributed by atoms with E-state index in [2.05, 4.69) is 9.97 Å². The third-order valence-electron chi connectivity index (χ3n) is 4.78. The summed E-state index contributed by atoms with van der Waals surface area (Å²) in [6.45, 7) is 0. The highest BCUT2D eigenvalue weighted by Crippen LogP contribution is 2.32. The van der Waals surface area contributed by atoms with E-state index in [0.29, 0.717) is 21.1 Å². The molecule has 4 N–H and O–H groups in total. The predicted molar refractivity (Wildman–Crippen MR) is 129 cm³/mol. The fourth-order valence-corrected chi connectivity index (χ4v) is 4.87. The first-order valence-corrected chi connectivity index (χ1v) is 11.9. The lowest BCUT2D eigenvalue weighted by atomic mass is 10.1. The van der Waals surface area contributed by atoms with Crippen LogP contribution < -0.4 is 0 Å².